The summed E-state index contributed by atoms with van der Waals surface area (Å²) in [7, 11) is -3.37. The van der Waals surface area contributed by atoms with Gasteiger partial charge < -0.3 is 20.5 Å². The number of nitrogens with one attached hydrogen (secondary N) is 1. The van der Waals surface area contributed by atoms with Crippen LogP contribution in [0.3, 0.4) is 0 Å². The van der Waals surface area contributed by atoms with Crippen LogP contribution in [-0.2, 0) is 0 Å². The molecule has 1 atom stereocenters. The predicted molar refractivity (Wildman–Crippen MR) is 139 cm³/mol. The molecule has 3 aromatic rings. The second kappa shape index (κ2) is 9.69. The number of carbonyl (C=O) groups is 1. The Kier molecular flexibility index (Phi) is 6.44. The highest BCUT2D eigenvalue weighted by molar-refractivity contribution is 8.24. The average molecular weight is 510 g/mol. The average Bonchev–Trinajstić information content (AvgIpc) is 2.86. The molecule has 36 heavy (non-hydrogen) atoms. The summed E-state index contributed by atoms with van der Waals surface area (Å²) in [4.78, 5) is 19.5. The van der Waals surface area contributed by atoms with E-state index in [0.717, 1.165) is 18.4 Å². The van der Waals surface area contributed by atoms with Crippen LogP contribution in [0.15, 0.2) is 65.2 Å². The van der Waals surface area contributed by atoms with Crippen molar-refractivity contribution in [2.45, 2.75) is 12.8 Å². The van der Waals surface area contributed by atoms with Crippen LogP contribution in [0, 0.1) is 5.92 Å². The molecule has 1 amide bonds. The molecule has 1 unspecified atom stereocenters. The molecular weight excluding hydrogens is 482 g/mol. The van der Waals surface area contributed by atoms with E-state index in [0.29, 0.717) is 48.0 Å². The van der Waals surface area contributed by atoms with Gasteiger partial charge in [-0.1, -0.05) is 18.2 Å². The Balaban J connectivity index is 1.26. The standard InChI is InChI=1S/C25H27N5O5S/c26-24-23-20(28-36(33,34)29-24)7-2-8-22(23)35-15-16-4-3-11-30(14-16)25(32)18-9-10-27-21(13-18)17-5-1-6-19(31)12-17/h1-2,5-10,12-13,16,28,31,33-34H,3-4,11,14-15H2,(H2,26,29). The summed E-state index contributed by atoms with van der Waals surface area (Å²) in [6.45, 7) is 1.57. The molecule has 0 spiro atoms. The van der Waals surface area contributed by atoms with E-state index >= 15 is 0 Å². The van der Waals surface area contributed by atoms with Gasteiger partial charge in [0.15, 0.2) is 5.84 Å². The third-order valence-corrected chi connectivity index (χ3v) is 7.13. The number of nitrogens with zero attached hydrogens (tertiary/aromatic N) is 3. The lowest BCUT2D eigenvalue weighted by molar-refractivity contribution is 0.0633. The van der Waals surface area contributed by atoms with Crippen LogP contribution in [0.25, 0.3) is 11.3 Å². The van der Waals surface area contributed by atoms with E-state index in [9.17, 15) is 19.0 Å². The fourth-order valence-electron chi connectivity index (χ4n) is 4.52. The third kappa shape index (κ3) is 5.08. The van der Waals surface area contributed by atoms with Gasteiger partial charge >= 0.3 is 0 Å². The van der Waals surface area contributed by atoms with Crippen molar-refractivity contribution >= 4 is 28.4 Å². The maximum absolute atomic E-state index is 13.3. The molecule has 2 aliphatic heterocycles. The zero-order valence-electron chi connectivity index (χ0n) is 19.4. The molecule has 0 aliphatic carbocycles. The van der Waals surface area contributed by atoms with Gasteiger partial charge in [-0.15, -0.1) is 4.40 Å². The fourth-order valence-corrected chi connectivity index (χ4v) is 5.39. The van der Waals surface area contributed by atoms with Gasteiger partial charge in [0.1, 0.15) is 11.5 Å². The number of ether oxygens (including phenoxy) is 1. The van der Waals surface area contributed by atoms with Crippen LogP contribution in [-0.4, -0.2) is 55.5 Å². The Bertz CT molecular complexity index is 1330. The third-order valence-electron chi connectivity index (χ3n) is 6.18. The van der Waals surface area contributed by atoms with E-state index < -0.39 is 11.0 Å². The number of pyridine rings is 1. The number of anilines is 1. The van der Waals surface area contributed by atoms with Gasteiger partial charge in [-0.05, 0) is 60.2 Å². The van der Waals surface area contributed by atoms with Gasteiger partial charge in [0.2, 0.25) is 0 Å². The number of aromatic nitrogens is 1. The van der Waals surface area contributed by atoms with Crippen molar-refractivity contribution in [3.8, 4) is 22.8 Å². The lowest BCUT2D eigenvalue weighted by Gasteiger charge is -2.34. The highest BCUT2D eigenvalue weighted by atomic mass is 32.3. The van der Waals surface area contributed by atoms with Crippen LogP contribution in [0.1, 0.15) is 28.8 Å². The first-order chi connectivity index (χ1) is 17.3. The molecule has 2 aromatic carbocycles. The van der Waals surface area contributed by atoms with E-state index in [1.165, 1.54) is 0 Å². The molecule has 0 saturated carbocycles. The lowest BCUT2D eigenvalue weighted by atomic mass is 9.98. The number of amides is 1. The number of amidine groups is 1. The number of phenols is 1. The summed E-state index contributed by atoms with van der Waals surface area (Å²) in [5.41, 5.74) is 8.80. The SMILES string of the molecule is NC1=NS(O)(O)Nc2cccc(OCC3CCCN(C(=O)c4ccnc(-c5cccc(O)c5)c4)C3)c21. The molecule has 1 saturated heterocycles. The van der Waals surface area contributed by atoms with Crippen molar-refractivity contribution in [1.82, 2.24) is 9.88 Å². The molecule has 2 aliphatic rings. The second-order valence-corrected chi connectivity index (χ2v) is 10.3. The molecule has 188 valence electrons. The van der Waals surface area contributed by atoms with Gasteiger partial charge in [-0.2, -0.15) is 0 Å². The number of hydrogen-bond acceptors (Lipinski definition) is 9. The van der Waals surface area contributed by atoms with Crippen molar-refractivity contribution in [1.29, 1.82) is 0 Å². The molecular formula is C25H27N5O5S. The predicted octanol–water partition coefficient (Wildman–Crippen LogP) is 4.10. The van der Waals surface area contributed by atoms with Crippen LogP contribution < -0.4 is 15.2 Å². The summed E-state index contributed by atoms with van der Waals surface area (Å²) in [5.74, 6) is 0.665. The van der Waals surface area contributed by atoms with Gasteiger partial charge in [0.25, 0.3) is 5.91 Å². The number of carbonyl (C=O) groups excluding carboxylic acids is 1. The van der Waals surface area contributed by atoms with Gasteiger partial charge in [-0.25, -0.2) is 0 Å². The zero-order valence-corrected chi connectivity index (χ0v) is 20.2. The molecule has 0 radical (unpaired) electrons. The molecule has 11 heteroatoms. The summed E-state index contributed by atoms with van der Waals surface area (Å²) < 4.78 is 32.1. The monoisotopic (exact) mass is 509 g/mol. The zero-order chi connectivity index (χ0) is 25.3. The number of phenolic OH excluding ortho intramolecular Hbond substituents is 1. The van der Waals surface area contributed by atoms with Gasteiger partial charge in [0, 0.05) is 36.3 Å². The second-order valence-electron chi connectivity index (χ2n) is 8.83. The van der Waals surface area contributed by atoms with E-state index in [4.69, 9.17) is 10.5 Å². The van der Waals surface area contributed by atoms with E-state index in [1.807, 2.05) is 11.0 Å². The summed E-state index contributed by atoms with van der Waals surface area (Å²) >= 11 is 0. The lowest BCUT2D eigenvalue weighted by Crippen LogP contribution is -2.41. The Hall–Kier alpha value is -3.80. The number of piperidine rings is 1. The Morgan fingerprint density at radius 3 is 2.86 bits per heavy atom. The normalized spacial score (nSPS) is 19.4. The minimum atomic E-state index is -3.37. The van der Waals surface area contributed by atoms with Gasteiger partial charge in [0.05, 0.1) is 23.6 Å². The number of likely N-dealkylation sites (tertiary alicyclic amines) is 1. The minimum Gasteiger partial charge on any atom is -0.508 e. The first kappa shape index (κ1) is 23.9. The number of nitrogens with two attached hydrogens (primary N) is 1. The molecule has 1 fully saturated rings. The number of aromatic hydroxyl groups is 1. The van der Waals surface area contributed by atoms with Crippen molar-refractivity contribution < 1.29 is 23.7 Å². The number of hydrogen-bond donors (Lipinski definition) is 5. The van der Waals surface area contributed by atoms with Crippen LogP contribution in [0.2, 0.25) is 0 Å². The smallest absolute Gasteiger partial charge is 0.253 e. The molecule has 10 nitrogen and oxygen atoms in total. The highest BCUT2D eigenvalue weighted by Gasteiger charge is 2.28. The molecule has 1 aromatic heterocycles. The first-order valence-corrected chi connectivity index (χ1v) is 13.0. The quantitative estimate of drug-likeness (QED) is 0.345. The number of rotatable bonds is 5. The Morgan fingerprint density at radius 2 is 2.03 bits per heavy atom. The van der Waals surface area contributed by atoms with E-state index in [1.54, 1.807) is 54.7 Å². The summed E-state index contributed by atoms with van der Waals surface area (Å²) in [6, 6.07) is 15.4. The van der Waals surface area contributed by atoms with Crippen molar-refractivity contribution in [2.24, 2.45) is 16.0 Å². The van der Waals surface area contributed by atoms with Crippen molar-refractivity contribution in [2.75, 3.05) is 24.4 Å². The fraction of sp³-hybridized carbons (Fsp3) is 0.240. The Morgan fingerprint density at radius 1 is 1.19 bits per heavy atom. The maximum Gasteiger partial charge on any atom is 0.253 e. The molecule has 6 N–H and O–H groups in total. The number of fused-ring (bicyclic) bond motifs is 1. The van der Waals surface area contributed by atoms with E-state index in [2.05, 4.69) is 14.1 Å². The maximum atomic E-state index is 13.3. The Labute approximate surface area is 210 Å². The molecule has 0 bridgehead atoms. The van der Waals surface area contributed by atoms with Crippen molar-refractivity contribution in [3.63, 3.8) is 0 Å². The van der Waals surface area contributed by atoms with E-state index in [-0.39, 0.29) is 23.4 Å². The van der Waals surface area contributed by atoms with Gasteiger partial charge in [-0.3, -0.25) is 23.6 Å². The minimum absolute atomic E-state index is 0.0000227. The van der Waals surface area contributed by atoms with Crippen LogP contribution >= 0.6 is 11.0 Å². The largest absolute Gasteiger partial charge is 0.508 e. The van der Waals surface area contributed by atoms with Crippen LogP contribution in [0.5, 0.6) is 11.5 Å². The highest BCUT2D eigenvalue weighted by Crippen LogP contribution is 2.46. The number of benzene rings is 2. The topological polar surface area (TPSA) is 154 Å². The molecule has 5 rings (SSSR count). The first-order valence-electron chi connectivity index (χ1n) is 11.5. The van der Waals surface area contributed by atoms with Crippen LogP contribution in [0.4, 0.5) is 5.69 Å². The summed E-state index contributed by atoms with van der Waals surface area (Å²) in [6.07, 6.45) is 3.36. The molecule has 3 heterocycles. The van der Waals surface area contributed by atoms with Crippen molar-refractivity contribution in [3.05, 3.63) is 71.9 Å². The summed E-state index contributed by atoms with van der Waals surface area (Å²) in [5, 5.41) is 9.77.